The highest BCUT2D eigenvalue weighted by molar-refractivity contribution is 6.34. The number of nitrogen functional groups attached to an aromatic ring is 1. The molecule has 98 valence electrons. The predicted molar refractivity (Wildman–Crippen MR) is 71.5 cm³/mol. The number of hydrogen-bond donors (Lipinski definition) is 3. The van der Waals surface area contributed by atoms with E-state index in [-0.39, 0.29) is 17.9 Å². The van der Waals surface area contributed by atoms with Crippen molar-refractivity contribution >= 4 is 23.2 Å². The van der Waals surface area contributed by atoms with Crippen molar-refractivity contribution in [2.45, 2.75) is 25.4 Å². The Kier molecular flexibility index (Phi) is 4.09. The molecule has 0 saturated heterocycles. The summed E-state index contributed by atoms with van der Waals surface area (Å²) < 4.78 is 0. The first-order chi connectivity index (χ1) is 8.59. The summed E-state index contributed by atoms with van der Waals surface area (Å²) in [5.41, 5.74) is 6.42. The van der Waals surface area contributed by atoms with Crippen LogP contribution in [0.3, 0.4) is 0 Å². The van der Waals surface area contributed by atoms with E-state index in [1.54, 1.807) is 18.2 Å². The molecule has 4 N–H and O–H groups in total. The standard InChI is InChI=1S/C13H17ClN2O2/c14-9-4-2-5-10(15)12(9)13(18)16-7-8-3-1-6-11(8)17/h2,4-5,8,11,17H,1,3,6-7,15H2,(H,16,18). The van der Waals surface area contributed by atoms with Crippen LogP contribution >= 0.6 is 11.6 Å². The molecular weight excluding hydrogens is 252 g/mol. The van der Waals surface area contributed by atoms with Gasteiger partial charge in [0.1, 0.15) is 0 Å². The average Bonchev–Trinajstić information content (AvgIpc) is 2.72. The van der Waals surface area contributed by atoms with E-state index in [2.05, 4.69) is 5.32 Å². The molecule has 1 saturated carbocycles. The molecule has 0 radical (unpaired) electrons. The van der Waals surface area contributed by atoms with Gasteiger partial charge in [0, 0.05) is 18.2 Å². The van der Waals surface area contributed by atoms with Crippen LogP contribution in [0.1, 0.15) is 29.6 Å². The summed E-state index contributed by atoms with van der Waals surface area (Å²) in [6.07, 6.45) is 2.46. The second kappa shape index (κ2) is 5.59. The maximum Gasteiger partial charge on any atom is 0.254 e. The summed E-state index contributed by atoms with van der Waals surface area (Å²) >= 11 is 5.96. The molecule has 1 aliphatic carbocycles. The molecule has 0 spiro atoms. The fraction of sp³-hybridized carbons (Fsp3) is 0.462. The monoisotopic (exact) mass is 268 g/mol. The quantitative estimate of drug-likeness (QED) is 0.732. The third-order valence-electron chi connectivity index (χ3n) is 3.42. The summed E-state index contributed by atoms with van der Waals surface area (Å²) in [7, 11) is 0. The molecular formula is C13H17ClN2O2. The summed E-state index contributed by atoms with van der Waals surface area (Å²) in [6.45, 7) is 0.463. The van der Waals surface area contributed by atoms with Crippen LogP contribution in [0.15, 0.2) is 18.2 Å². The van der Waals surface area contributed by atoms with Crippen molar-refractivity contribution in [2.75, 3.05) is 12.3 Å². The first-order valence-electron chi connectivity index (χ1n) is 6.10. The largest absolute Gasteiger partial charge is 0.398 e. The molecule has 0 heterocycles. The van der Waals surface area contributed by atoms with Crippen molar-refractivity contribution in [3.63, 3.8) is 0 Å². The van der Waals surface area contributed by atoms with Gasteiger partial charge < -0.3 is 16.2 Å². The lowest BCUT2D eigenvalue weighted by atomic mass is 10.1. The van der Waals surface area contributed by atoms with Crippen molar-refractivity contribution in [3.8, 4) is 0 Å². The SMILES string of the molecule is Nc1cccc(Cl)c1C(=O)NCC1CCCC1O. The molecule has 5 heteroatoms. The molecule has 1 aromatic rings. The highest BCUT2D eigenvalue weighted by Gasteiger charge is 2.26. The molecule has 1 fully saturated rings. The fourth-order valence-electron chi connectivity index (χ4n) is 2.35. The Morgan fingerprint density at radius 1 is 1.50 bits per heavy atom. The van der Waals surface area contributed by atoms with Gasteiger partial charge in [-0.05, 0) is 25.0 Å². The molecule has 2 atom stereocenters. The minimum atomic E-state index is -0.311. The first-order valence-corrected chi connectivity index (χ1v) is 6.47. The van der Waals surface area contributed by atoms with Crippen LogP contribution in [0.25, 0.3) is 0 Å². The smallest absolute Gasteiger partial charge is 0.254 e. The molecule has 4 nitrogen and oxygen atoms in total. The van der Waals surface area contributed by atoms with E-state index in [0.29, 0.717) is 22.8 Å². The van der Waals surface area contributed by atoms with E-state index in [1.165, 1.54) is 0 Å². The normalized spacial score (nSPS) is 23.0. The highest BCUT2D eigenvalue weighted by atomic mass is 35.5. The summed E-state index contributed by atoms with van der Waals surface area (Å²) in [5.74, 6) is -0.144. The third-order valence-corrected chi connectivity index (χ3v) is 3.73. The fourth-order valence-corrected chi connectivity index (χ4v) is 2.62. The second-order valence-electron chi connectivity index (χ2n) is 4.67. The predicted octanol–water partition coefficient (Wildman–Crippen LogP) is 1.81. The van der Waals surface area contributed by atoms with Crippen molar-refractivity contribution in [3.05, 3.63) is 28.8 Å². The zero-order valence-electron chi connectivity index (χ0n) is 10.0. The Morgan fingerprint density at radius 2 is 2.28 bits per heavy atom. The Hall–Kier alpha value is -1.26. The zero-order chi connectivity index (χ0) is 13.1. The summed E-state index contributed by atoms with van der Waals surface area (Å²) in [5, 5.41) is 12.8. The number of nitrogens with one attached hydrogen (secondary N) is 1. The number of aliphatic hydroxyl groups excluding tert-OH is 1. The van der Waals surface area contributed by atoms with Crippen LogP contribution in [0.4, 0.5) is 5.69 Å². The number of halogens is 1. The number of rotatable bonds is 3. The highest BCUT2D eigenvalue weighted by Crippen LogP contribution is 2.25. The van der Waals surface area contributed by atoms with Crippen LogP contribution < -0.4 is 11.1 Å². The van der Waals surface area contributed by atoms with Crippen molar-refractivity contribution in [1.29, 1.82) is 0 Å². The van der Waals surface area contributed by atoms with Gasteiger partial charge in [-0.25, -0.2) is 0 Å². The molecule has 0 bridgehead atoms. The molecule has 2 rings (SSSR count). The number of anilines is 1. The third kappa shape index (κ3) is 2.76. The van der Waals surface area contributed by atoms with E-state index in [4.69, 9.17) is 17.3 Å². The Labute approximate surface area is 111 Å². The first kappa shape index (κ1) is 13.2. The zero-order valence-corrected chi connectivity index (χ0v) is 10.8. The molecule has 0 aromatic heterocycles. The van der Waals surface area contributed by atoms with Crippen LogP contribution in [-0.2, 0) is 0 Å². The number of carbonyl (C=O) groups excluding carboxylic acids is 1. The summed E-state index contributed by atoms with van der Waals surface area (Å²) in [6, 6.07) is 4.98. The minimum Gasteiger partial charge on any atom is -0.398 e. The Bertz CT molecular complexity index is 430. The van der Waals surface area contributed by atoms with Crippen molar-refractivity contribution in [1.82, 2.24) is 5.32 Å². The Morgan fingerprint density at radius 3 is 2.89 bits per heavy atom. The van der Waals surface area contributed by atoms with E-state index in [9.17, 15) is 9.90 Å². The molecule has 2 unspecified atom stereocenters. The number of hydrogen-bond acceptors (Lipinski definition) is 3. The van der Waals surface area contributed by atoms with Crippen molar-refractivity contribution < 1.29 is 9.90 Å². The topological polar surface area (TPSA) is 75.4 Å². The van der Waals surface area contributed by atoms with Gasteiger partial charge in [-0.15, -0.1) is 0 Å². The number of carbonyl (C=O) groups is 1. The van der Waals surface area contributed by atoms with Gasteiger partial charge in [-0.2, -0.15) is 0 Å². The van der Waals surface area contributed by atoms with Gasteiger partial charge in [-0.3, -0.25) is 4.79 Å². The van der Waals surface area contributed by atoms with Gasteiger partial charge in [0.15, 0.2) is 0 Å². The van der Waals surface area contributed by atoms with Gasteiger partial charge in [-0.1, -0.05) is 24.1 Å². The van der Waals surface area contributed by atoms with Crippen molar-refractivity contribution in [2.24, 2.45) is 5.92 Å². The maximum atomic E-state index is 12.0. The summed E-state index contributed by atoms with van der Waals surface area (Å²) in [4.78, 5) is 12.0. The van der Waals surface area contributed by atoms with Gasteiger partial charge in [0.05, 0.1) is 16.7 Å². The van der Waals surface area contributed by atoms with E-state index < -0.39 is 0 Å². The lowest BCUT2D eigenvalue weighted by Gasteiger charge is -2.16. The number of benzene rings is 1. The number of amides is 1. The van der Waals surface area contributed by atoms with Gasteiger partial charge in [0.25, 0.3) is 5.91 Å². The van der Waals surface area contributed by atoms with Crippen LogP contribution in [-0.4, -0.2) is 23.7 Å². The second-order valence-corrected chi connectivity index (χ2v) is 5.08. The molecule has 1 aromatic carbocycles. The molecule has 1 amide bonds. The van der Waals surface area contributed by atoms with Crippen LogP contribution in [0, 0.1) is 5.92 Å². The number of aliphatic hydroxyl groups is 1. The average molecular weight is 269 g/mol. The van der Waals surface area contributed by atoms with E-state index >= 15 is 0 Å². The van der Waals surface area contributed by atoms with Gasteiger partial charge >= 0.3 is 0 Å². The molecule has 0 aliphatic heterocycles. The van der Waals surface area contributed by atoms with Crippen LogP contribution in [0.2, 0.25) is 5.02 Å². The van der Waals surface area contributed by atoms with Crippen LogP contribution in [0.5, 0.6) is 0 Å². The Balaban J connectivity index is 1.99. The van der Waals surface area contributed by atoms with E-state index in [1.807, 2.05) is 0 Å². The number of nitrogens with two attached hydrogens (primary N) is 1. The van der Waals surface area contributed by atoms with E-state index in [0.717, 1.165) is 19.3 Å². The lowest BCUT2D eigenvalue weighted by molar-refractivity contribution is 0.0918. The molecule has 1 aliphatic rings. The lowest BCUT2D eigenvalue weighted by Crippen LogP contribution is -2.33. The maximum absolute atomic E-state index is 12.0. The molecule has 18 heavy (non-hydrogen) atoms. The van der Waals surface area contributed by atoms with Gasteiger partial charge in [0.2, 0.25) is 0 Å². The minimum absolute atomic E-state index is 0.137.